The van der Waals surface area contributed by atoms with Crippen molar-refractivity contribution in [3.8, 4) is 6.07 Å². The highest BCUT2D eigenvalue weighted by atomic mass is 35.5. The number of nitrogens with two attached hydrogens (primary N) is 1. The molecule has 0 fully saturated rings. The standard InChI is InChI=1S/C29H26ClN7O4S2/c1-15(2)16-6-8-17(9-7-16)25-19(13-31)27(32)36(21-4-3-5-23(38)26(21)25)28-34-35-29(43-28)42-14-24(39)33-18-10-11-20(30)22(12-18)37(40)41/h6-12,15,25H,3-5,14,32H2,1-2H3,(H,33,39). The Morgan fingerprint density at radius 3 is 2.70 bits per heavy atom. The molecule has 43 heavy (non-hydrogen) atoms. The molecule has 3 aromatic rings. The van der Waals surface area contributed by atoms with Crippen molar-refractivity contribution in [2.24, 2.45) is 5.73 Å². The normalized spacial score (nSPS) is 16.8. The van der Waals surface area contributed by atoms with Crippen molar-refractivity contribution < 1.29 is 14.5 Å². The largest absolute Gasteiger partial charge is 0.384 e. The maximum atomic E-state index is 13.4. The Labute approximate surface area is 260 Å². The molecule has 14 heteroatoms. The fourth-order valence-corrected chi connectivity index (χ4v) is 6.98. The Morgan fingerprint density at radius 2 is 2.02 bits per heavy atom. The van der Waals surface area contributed by atoms with E-state index in [-0.39, 0.29) is 39.3 Å². The predicted molar refractivity (Wildman–Crippen MR) is 166 cm³/mol. The molecule has 1 amide bonds. The highest BCUT2D eigenvalue weighted by Gasteiger charge is 2.41. The first-order valence-electron chi connectivity index (χ1n) is 13.3. The number of carbonyl (C=O) groups excluding carboxylic acids is 2. The number of aromatic nitrogens is 2. The summed E-state index contributed by atoms with van der Waals surface area (Å²) in [6.07, 6.45) is 1.61. The summed E-state index contributed by atoms with van der Waals surface area (Å²) in [7, 11) is 0. The first-order valence-corrected chi connectivity index (χ1v) is 15.5. The number of thioether (sulfide) groups is 1. The summed E-state index contributed by atoms with van der Waals surface area (Å²) < 4.78 is 0.467. The second-order valence-electron chi connectivity index (χ2n) is 10.2. The summed E-state index contributed by atoms with van der Waals surface area (Å²) in [5.41, 5.74) is 10.1. The third-order valence-electron chi connectivity index (χ3n) is 7.19. The first kappa shape index (κ1) is 30.2. The van der Waals surface area contributed by atoms with Crippen LogP contribution in [-0.2, 0) is 9.59 Å². The number of amides is 1. The van der Waals surface area contributed by atoms with Gasteiger partial charge in [-0.05, 0) is 42.0 Å². The number of ketones is 1. The molecule has 0 radical (unpaired) electrons. The molecule has 0 saturated carbocycles. The second kappa shape index (κ2) is 12.5. The smallest absolute Gasteiger partial charge is 0.289 e. The van der Waals surface area contributed by atoms with Crippen molar-refractivity contribution in [3.63, 3.8) is 0 Å². The number of nitriles is 1. The lowest BCUT2D eigenvalue weighted by Crippen LogP contribution is -2.38. The van der Waals surface area contributed by atoms with E-state index in [0.717, 1.165) is 22.9 Å². The molecule has 1 atom stereocenters. The van der Waals surface area contributed by atoms with Crippen LogP contribution in [0.3, 0.4) is 0 Å². The van der Waals surface area contributed by atoms with Crippen LogP contribution >= 0.6 is 34.7 Å². The lowest BCUT2D eigenvalue weighted by molar-refractivity contribution is -0.384. The number of allylic oxidation sites excluding steroid dienone is 3. The third kappa shape index (κ3) is 6.13. The lowest BCUT2D eigenvalue weighted by atomic mass is 9.75. The number of Topliss-reactive ketones (excluding diaryl/α,β-unsaturated/α-hetero) is 1. The molecule has 1 aliphatic heterocycles. The summed E-state index contributed by atoms with van der Waals surface area (Å²) in [5, 5.41) is 32.8. The Hall–Kier alpha value is -4.25. The Kier molecular flexibility index (Phi) is 8.82. The molecule has 1 aromatic heterocycles. The SMILES string of the molecule is CC(C)c1ccc(C2C(C#N)=C(N)N(c3nnc(SCC(=O)Nc4ccc(Cl)c([N+](=O)[O-])c4)s3)C3=C2C(=O)CCC3)cc1. The zero-order valence-electron chi connectivity index (χ0n) is 23.2. The number of anilines is 2. The van der Waals surface area contributed by atoms with Gasteiger partial charge in [-0.3, -0.25) is 24.6 Å². The van der Waals surface area contributed by atoms with Crippen LogP contribution in [-0.4, -0.2) is 32.6 Å². The van der Waals surface area contributed by atoms with Crippen molar-refractivity contribution in [1.82, 2.24) is 10.2 Å². The minimum absolute atomic E-state index is 0.0253. The van der Waals surface area contributed by atoms with Gasteiger partial charge in [-0.25, -0.2) is 0 Å². The molecule has 3 N–H and O–H groups in total. The van der Waals surface area contributed by atoms with E-state index in [1.807, 2.05) is 24.3 Å². The van der Waals surface area contributed by atoms with Crippen LogP contribution in [0.4, 0.5) is 16.5 Å². The van der Waals surface area contributed by atoms with Crippen LogP contribution in [0.25, 0.3) is 0 Å². The number of carbonyl (C=O) groups is 2. The van der Waals surface area contributed by atoms with E-state index < -0.39 is 16.7 Å². The molecular weight excluding hydrogens is 610 g/mol. The van der Waals surface area contributed by atoms with Gasteiger partial charge < -0.3 is 11.1 Å². The topological polar surface area (TPSA) is 168 Å². The van der Waals surface area contributed by atoms with Crippen LogP contribution in [0.1, 0.15) is 56.1 Å². The predicted octanol–water partition coefficient (Wildman–Crippen LogP) is 6.26. The Balaban J connectivity index is 1.39. The fourth-order valence-electron chi connectivity index (χ4n) is 5.12. The summed E-state index contributed by atoms with van der Waals surface area (Å²) >= 11 is 8.15. The van der Waals surface area contributed by atoms with Gasteiger partial charge in [0.25, 0.3) is 5.69 Å². The van der Waals surface area contributed by atoms with Crippen molar-refractivity contribution in [3.05, 3.63) is 91.4 Å². The van der Waals surface area contributed by atoms with Gasteiger partial charge in [-0.15, -0.1) is 10.2 Å². The van der Waals surface area contributed by atoms with E-state index in [2.05, 4.69) is 35.4 Å². The second-order valence-corrected chi connectivity index (χ2v) is 12.8. The van der Waals surface area contributed by atoms with Gasteiger partial charge in [0.05, 0.1) is 28.2 Å². The highest BCUT2D eigenvalue weighted by molar-refractivity contribution is 8.01. The summed E-state index contributed by atoms with van der Waals surface area (Å²) in [5.74, 6) is -0.504. The van der Waals surface area contributed by atoms with E-state index >= 15 is 0 Å². The van der Waals surface area contributed by atoms with Crippen LogP contribution in [0.2, 0.25) is 5.02 Å². The number of halogens is 1. The molecule has 220 valence electrons. The molecule has 1 aliphatic carbocycles. The van der Waals surface area contributed by atoms with Crippen LogP contribution in [0.15, 0.2) is 69.5 Å². The maximum absolute atomic E-state index is 13.4. The van der Waals surface area contributed by atoms with E-state index in [9.17, 15) is 25.0 Å². The molecule has 0 bridgehead atoms. The average Bonchev–Trinajstić information content (AvgIpc) is 3.45. The van der Waals surface area contributed by atoms with Crippen molar-refractivity contribution in [2.45, 2.75) is 49.3 Å². The number of nitrogens with one attached hydrogen (secondary N) is 1. The lowest BCUT2D eigenvalue weighted by Gasteiger charge is -2.38. The molecule has 0 saturated heterocycles. The molecule has 2 aliphatic rings. The minimum Gasteiger partial charge on any atom is -0.384 e. The summed E-state index contributed by atoms with van der Waals surface area (Å²) in [6.45, 7) is 4.21. The van der Waals surface area contributed by atoms with Gasteiger partial charge in [0.15, 0.2) is 10.1 Å². The van der Waals surface area contributed by atoms with Gasteiger partial charge in [0, 0.05) is 29.4 Å². The highest BCUT2D eigenvalue weighted by Crippen LogP contribution is 2.47. The van der Waals surface area contributed by atoms with Gasteiger partial charge in [-0.2, -0.15) is 5.26 Å². The number of nitro groups is 1. The van der Waals surface area contributed by atoms with Crippen LogP contribution in [0, 0.1) is 21.4 Å². The fraction of sp³-hybridized carbons (Fsp3) is 0.276. The van der Waals surface area contributed by atoms with E-state index in [1.54, 1.807) is 4.90 Å². The molecule has 5 rings (SSSR count). The van der Waals surface area contributed by atoms with Gasteiger partial charge in [0.1, 0.15) is 10.8 Å². The number of hydrogen-bond donors (Lipinski definition) is 2. The van der Waals surface area contributed by atoms with Crippen LogP contribution < -0.4 is 16.0 Å². The Bertz CT molecular complexity index is 1730. The summed E-state index contributed by atoms with van der Waals surface area (Å²) in [4.78, 5) is 38.1. The van der Waals surface area contributed by atoms with E-state index in [0.29, 0.717) is 45.9 Å². The van der Waals surface area contributed by atoms with Gasteiger partial charge in [0.2, 0.25) is 11.0 Å². The number of nitrogens with zero attached hydrogens (tertiary/aromatic N) is 5. The zero-order valence-corrected chi connectivity index (χ0v) is 25.6. The molecule has 11 nitrogen and oxygen atoms in total. The first-order chi connectivity index (χ1) is 20.6. The monoisotopic (exact) mass is 635 g/mol. The van der Waals surface area contributed by atoms with Crippen LogP contribution in [0.5, 0.6) is 0 Å². The minimum atomic E-state index is -0.626. The Morgan fingerprint density at radius 1 is 1.28 bits per heavy atom. The number of nitro benzene ring substituents is 1. The molecule has 2 heterocycles. The van der Waals surface area contributed by atoms with Crippen molar-refractivity contribution in [2.75, 3.05) is 16.0 Å². The number of benzene rings is 2. The summed E-state index contributed by atoms with van der Waals surface area (Å²) in [6, 6.07) is 14.2. The third-order valence-corrected chi connectivity index (χ3v) is 9.55. The molecular formula is C29H26ClN7O4S2. The molecule has 1 unspecified atom stereocenters. The zero-order chi connectivity index (χ0) is 30.8. The quantitative estimate of drug-likeness (QED) is 0.164. The number of rotatable bonds is 8. The molecule has 0 spiro atoms. The molecule has 2 aromatic carbocycles. The van der Waals surface area contributed by atoms with Gasteiger partial charge in [-0.1, -0.05) is 72.8 Å². The van der Waals surface area contributed by atoms with Crippen molar-refractivity contribution >= 4 is 62.9 Å². The van der Waals surface area contributed by atoms with E-state index in [4.69, 9.17) is 17.3 Å². The van der Waals surface area contributed by atoms with E-state index in [1.165, 1.54) is 29.5 Å². The van der Waals surface area contributed by atoms with Crippen molar-refractivity contribution in [1.29, 1.82) is 5.26 Å². The number of hydrogen-bond acceptors (Lipinski definition) is 11. The van der Waals surface area contributed by atoms with Gasteiger partial charge >= 0.3 is 0 Å². The maximum Gasteiger partial charge on any atom is 0.289 e. The average molecular weight is 636 g/mol.